The predicted octanol–water partition coefficient (Wildman–Crippen LogP) is 2.28. The van der Waals surface area contributed by atoms with Crippen molar-refractivity contribution >= 4 is 23.4 Å². The van der Waals surface area contributed by atoms with Gasteiger partial charge in [-0.1, -0.05) is 12.8 Å². The van der Waals surface area contributed by atoms with E-state index >= 15 is 0 Å². The average Bonchev–Trinajstić information content (AvgIpc) is 3.34. The van der Waals surface area contributed by atoms with E-state index in [0.29, 0.717) is 18.7 Å². The Kier molecular flexibility index (Phi) is 5.85. The Morgan fingerprint density at radius 3 is 2.59 bits per heavy atom. The second-order valence-corrected chi connectivity index (χ2v) is 8.38. The molecule has 1 aromatic carbocycles. The molecule has 3 amide bonds. The maximum Gasteiger partial charge on any atom is 0.251 e. The minimum absolute atomic E-state index is 0.00461. The molecule has 0 radical (unpaired) electrons. The number of hydrogen-bond acceptors (Lipinski definition) is 4. The number of piperidine rings is 1. The minimum atomic E-state index is -0.260. The van der Waals surface area contributed by atoms with Crippen LogP contribution in [0.3, 0.4) is 0 Å². The number of hydrogen-bond donors (Lipinski definition) is 2. The third-order valence-corrected chi connectivity index (χ3v) is 6.51. The Morgan fingerprint density at radius 2 is 1.90 bits per heavy atom. The van der Waals surface area contributed by atoms with Crippen LogP contribution in [0, 0.1) is 5.92 Å². The van der Waals surface area contributed by atoms with Gasteiger partial charge in [0, 0.05) is 37.5 Å². The molecular weight excluding hydrogens is 370 g/mol. The predicted molar refractivity (Wildman–Crippen MR) is 109 cm³/mol. The van der Waals surface area contributed by atoms with Crippen molar-refractivity contribution in [2.45, 2.75) is 50.5 Å². The number of likely N-dealkylation sites (tertiary alicyclic amines) is 1. The van der Waals surface area contributed by atoms with Gasteiger partial charge >= 0.3 is 0 Å². The highest BCUT2D eigenvalue weighted by molar-refractivity contribution is 6.04. The molecule has 0 spiro atoms. The highest BCUT2D eigenvalue weighted by Crippen LogP contribution is 2.41. The zero-order chi connectivity index (χ0) is 20.4. The fraction of sp³-hybridized carbons (Fsp3) is 0.591. The molecule has 0 bridgehead atoms. The molecule has 1 aromatic rings. The van der Waals surface area contributed by atoms with Gasteiger partial charge in [-0.2, -0.15) is 0 Å². The maximum atomic E-state index is 12.7. The molecule has 0 unspecified atom stereocenters. The topological polar surface area (TPSA) is 87.7 Å². The molecule has 2 aliphatic heterocycles. The summed E-state index contributed by atoms with van der Waals surface area (Å²) in [6.07, 6.45) is 5.96. The molecule has 7 nitrogen and oxygen atoms in total. The first kappa shape index (κ1) is 19.9. The van der Waals surface area contributed by atoms with Crippen LogP contribution in [-0.4, -0.2) is 55.5 Å². The number of anilines is 1. The molecule has 3 aliphatic rings. The first-order valence-electron chi connectivity index (χ1n) is 10.6. The van der Waals surface area contributed by atoms with Gasteiger partial charge in [-0.15, -0.1) is 0 Å². The summed E-state index contributed by atoms with van der Waals surface area (Å²) in [5.74, 6) is -0.166. The van der Waals surface area contributed by atoms with Gasteiger partial charge in [-0.3, -0.25) is 14.4 Å². The molecule has 1 saturated heterocycles. The van der Waals surface area contributed by atoms with Crippen LogP contribution < -0.4 is 10.6 Å². The Labute approximate surface area is 171 Å². The number of nitrogens with one attached hydrogen (secondary N) is 2. The molecule has 0 aromatic heterocycles. The van der Waals surface area contributed by atoms with Crippen LogP contribution in [0.5, 0.6) is 0 Å². The molecule has 2 N–H and O–H groups in total. The number of methoxy groups -OCH3 is 1. The van der Waals surface area contributed by atoms with Gasteiger partial charge in [0.25, 0.3) is 5.91 Å². The minimum Gasteiger partial charge on any atom is -0.375 e. The van der Waals surface area contributed by atoms with E-state index in [9.17, 15) is 14.4 Å². The highest BCUT2D eigenvalue weighted by atomic mass is 16.5. The van der Waals surface area contributed by atoms with Crippen molar-refractivity contribution in [3.05, 3.63) is 29.3 Å². The zero-order valence-corrected chi connectivity index (χ0v) is 16.9. The SMILES string of the molecule is COCC(=O)N1CCC([C@@H]2C(=O)Nc3ccc(C(=O)NC4CCCC4)cc32)CC1. The van der Waals surface area contributed by atoms with Crippen LogP contribution in [0.15, 0.2) is 18.2 Å². The molecule has 1 saturated carbocycles. The first-order valence-corrected chi connectivity index (χ1v) is 10.6. The van der Waals surface area contributed by atoms with Crippen molar-refractivity contribution in [2.24, 2.45) is 5.92 Å². The number of amides is 3. The van der Waals surface area contributed by atoms with E-state index < -0.39 is 0 Å². The van der Waals surface area contributed by atoms with Crippen LogP contribution in [0.1, 0.15) is 60.4 Å². The summed E-state index contributed by atoms with van der Waals surface area (Å²) in [6, 6.07) is 5.77. The van der Waals surface area contributed by atoms with Crippen molar-refractivity contribution in [3.8, 4) is 0 Å². The highest BCUT2D eigenvalue weighted by Gasteiger charge is 2.39. The Morgan fingerprint density at radius 1 is 1.17 bits per heavy atom. The quantitative estimate of drug-likeness (QED) is 0.795. The fourth-order valence-corrected chi connectivity index (χ4v) is 4.93. The molecule has 1 aliphatic carbocycles. The normalized spacial score (nSPS) is 22.4. The molecular formula is C22H29N3O4. The summed E-state index contributed by atoms with van der Waals surface area (Å²) in [6.45, 7) is 1.36. The molecule has 156 valence electrons. The van der Waals surface area contributed by atoms with Crippen molar-refractivity contribution in [2.75, 3.05) is 32.1 Å². The lowest BCUT2D eigenvalue weighted by Gasteiger charge is -2.34. The van der Waals surface area contributed by atoms with E-state index in [1.807, 2.05) is 12.1 Å². The van der Waals surface area contributed by atoms with Gasteiger partial charge in [-0.25, -0.2) is 0 Å². The molecule has 4 rings (SSSR count). The van der Waals surface area contributed by atoms with Crippen LogP contribution in [0.25, 0.3) is 0 Å². The molecule has 7 heteroatoms. The van der Waals surface area contributed by atoms with Crippen molar-refractivity contribution in [1.29, 1.82) is 0 Å². The monoisotopic (exact) mass is 399 g/mol. The van der Waals surface area contributed by atoms with E-state index in [1.165, 1.54) is 20.0 Å². The van der Waals surface area contributed by atoms with Gasteiger partial charge in [0.15, 0.2) is 0 Å². The van der Waals surface area contributed by atoms with E-state index in [2.05, 4.69) is 10.6 Å². The summed E-state index contributed by atoms with van der Waals surface area (Å²) >= 11 is 0. The number of carbonyl (C=O) groups is 3. The van der Waals surface area contributed by atoms with Crippen molar-refractivity contribution < 1.29 is 19.1 Å². The molecule has 29 heavy (non-hydrogen) atoms. The van der Waals surface area contributed by atoms with Crippen LogP contribution in [0.4, 0.5) is 5.69 Å². The van der Waals surface area contributed by atoms with Gasteiger partial charge in [0.05, 0.1) is 5.92 Å². The summed E-state index contributed by atoms with van der Waals surface area (Å²) in [7, 11) is 1.52. The van der Waals surface area contributed by atoms with Gasteiger partial charge in [0.2, 0.25) is 11.8 Å². The third-order valence-electron chi connectivity index (χ3n) is 6.51. The summed E-state index contributed by atoms with van der Waals surface area (Å²) < 4.78 is 4.94. The van der Waals surface area contributed by atoms with Crippen molar-refractivity contribution in [1.82, 2.24) is 10.2 Å². The summed E-state index contributed by atoms with van der Waals surface area (Å²) in [5.41, 5.74) is 2.33. The zero-order valence-electron chi connectivity index (χ0n) is 16.9. The maximum absolute atomic E-state index is 12.7. The van der Waals surface area contributed by atoms with Crippen LogP contribution >= 0.6 is 0 Å². The van der Waals surface area contributed by atoms with E-state index in [4.69, 9.17) is 4.74 Å². The smallest absolute Gasteiger partial charge is 0.251 e. The summed E-state index contributed by atoms with van der Waals surface area (Å²) in [4.78, 5) is 39.2. The number of carbonyl (C=O) groups excluding carboxylic acids is 3. The summed E-state index contributed by atoms with van der Waals surface area (Å²) in [5, 5.41) is 6.09. The lowest BCUT2D eigenvalue weighted by atomic mass is 9.80. The molecule has 2 fully saturated rings. The first-order chi connectivity index (χ1) is 14.1. The number of rotatable bonds is 5. The third kappa shape index (κ3) is 4.15. The second kappa shape index (κ2) is 8.53. The number of nitrogens with zero attached hydrogens (tertiary/aromatic N) is 1. The Bertz CT molecular complexity index is 795. The van der Waals surface area contributed by atoms with E-state index in [0.717, 1.165) is 36.9 Å². The Balaban J connectivity index is 1.46. The lowest BCUT2D eigenvalue weighted by molar-refractivity contribution is -0.136. The second-order valence-electron chi connectivity index (χ2n) is 8.38. The largest absolute Gasteiger partial charge is 0.375 e. The Hall–Kier alpha value is -2.41. The molecule has 2 heterocycles. The van der Waals surface area contributed by atoms with E-state index in [-0.39, 0.29) is 42.2 Å². The number of ether oxygens (including phenoxy) is 1. The van der Waals surface area contributed by atoms with Crippen LogP contribution in [0.2, 0.25) is 0 Å². The van der Waals surface area contributed by atoms with E-state index in [1.54, 1.807) is 11.0 Å². The number of fused-ring (bicyclic) bond motifs is 1. The van der Waals surface area contributed by atoms with Gasteiger partial charge < -0.3 is 20.3 Å². The number of benzene rings is 1. The van der Waals surface area contributed by atoms with Gasteiger partial charge in [-0.05, 0) is 55.4 Å². The standard InChI is InChI=1S/C22H29N3O4/c1-29-13-19(26)25-10-8-14(9-11-25)20-17-12-15(6-7-18(17)24-22(20)28)21(27)23-16-4-2-3-5-16/h6-7,12,14,16,20H,2-5,8-11,13H2,1H3,(H,23,27)(H,24,28)/t20-/m0/s1. The van der Waals surface area contributed by atoms with Crippen LogP contribution in [-0.2, 0) is 14.3 Å². The molecule has 1 atom stereocenters. The average molecular weight is 399 g/mol. The fourth-order valence-electron chi connectivity index (χ4n) is 4.93. The lowest BCUT2D eigenvalue weighted by Crippen LogP contribution is -2.42. The van der Waals surface area contributed by atoms with Crippen molar-refractivity contribution in [3.63, 3.8) is 0 Å². The van der Waals surface area contributed by atoms with Gasteiger partial charge in [0.1, 0.15) is 6.61 Å².